The lowest BCUT2D eigenvalue weighted by Crippen LogP contribution is -2.47. The van der Waals surface area contributed by atoms with E-state index in [4.69, 9.17) is 31.3 Å². The number of nitrogens with one attached hydrogen (secondary N) is 1. The predicted molar refractivity (Wildman–Crippen MR) is 206 cm³/mol. The van der Waals surface area contributed by atoms with Crippen molar-refractivity contribution in [2.24, 2.45) is 5.11 Å². The minimum atomic E-state index is -0.309. The van der Waals surface area contributed by atoms with Crippen molar-refractivity contribution in [2.45, 2.75) is 38.6 Å². The molecule has 1 amide bonds. The van der Waals surface area contributed by atoms with Gasteiger partial charge in [0.05, 0.1) is 29.9 Å². The molecule has 6 aromatic rings. The minimum absolute atomic E-state index is 0.0907. The summed E-state index contributed by atoms with van der Waals surface area (Å²) < 4.78 is 12.8. The fourth-order valence-electron chi connectivity index (χ4n) is 6.28. The molecule has 5 aromatic heterocycles. The number of ketones is 1. The van der Waals surface area contributed by atoms with Crippen LogP contribution in [0.5, 0.6) is 0 Å². The molecule has 1 aliphatic heterocycles. The van der Waals surface area contributed by atoms with Crippen LogP contribution < -0.4 is 26.6 Å². The highest BCUT2D eigenvalue weighted by atomic mass is 16.5. The number of amides is 1. The van der Waals surface area contributed by atoms with E-state index in [2.05, 4.69) is 50.2 Å². The van der Waals surface area contributed by atoms with Crippen LogP contribution in [0.1, 0.15) is 42.5 Å². The Balaban J connectivity index is 0.766. The van der Waals surface area contributed by atoms with Crippen molar-refractivity contribution in [3.8, 4) is 11.3 Å². The topological polar surface area (TPSA) is 284 Å². The molecule has 7 rings (SSSR count). The van der Waals surface area contributed by atoms with Gasteiger partial charge < -0.3 is 35.7 Å². The average molecular weight is 762 g/mol. The lowest BCUT2D eigenvalue weighted by atomic mass is 10.1. The third-order valence-electron chi connectivity index (χ3n) is 9.15. The van der Waals surface area contributed by atoms with E-state index in [0.717, 1.165) is 24.8 Å². The summed E-state index contributed by atoms with van der Waals surface area (Å²) in [4.78, 5) is 62.0. The Morgan fingerprint density at radius 2 is 1.64 bits per heavy atom. The summed E-state index contributed by atoms with van der Waals surface area (Å²) in [7, 11) is 0. The predicted octanol–water partition coefficient (Wildman–Crippen LogP) is 3.61. The van der Waals surface area contributed by atoms with Crippen molar-refractivity contribution < 1.29 is 18.7 Å². The number of hydrogen-bond donors (Lipinski definition) is 3. The van der Waals surface area contributed by atoms with Crippen LogP contribution in [0.15, 0.2) is 58.8 Å². The van der Waals surface area contributed by atoms with Gasteiger partial charge in [-0.05, 0) is 36.6 Å². The van der Waals surface area contributed by atoms with E-state index in [1.54, 1.807) is 6.07 Å². The molecule has 1 aromatic carbocycles. The second-order valence-electron chi connectivity index (χ2n) is 12.9. The standard InChI is InChI=1S/C35H39N17O4/c36-30-28-29(22-5-6-27-26(16-22)46-33(37)56-27)48-52(31(28)45-21-44-30)9-3-1-2-4-25(53)7-14-55-15-8-39-32(54)23-17-40-34(41-18-23)50-10-12-51(13-11-50)35-42-19-24(20-43-35)47-49-38/h5-6,16-21H,1-4,7-15H2,(H2,37,46)(H,39,54)(H2,36,44,45). The van der Waals surface area contributed by atoms with Gasteiger partial charge in [0.1, 0.15) is 29.1 Å². The molecular weight excluding hydrogens is 722 g/mol. The van der Waals surface area contributed by atoms with E-state index in [1.807, 2.05) is 26.6 Å². The lowest BCUT2D eigenvalue weighted by molar-refractivity contribution is -0.120. The zero-order valence-electron chi connectivity index (χ0n) is 30.4. The fraction of sp³-hybridized carbons (Fsp3) is 0.371. The molecule has 0 atom stereocenters. The Labute approximate surface area is 319 Å². The number of benzene rings is 1. The van der Waals surface area contributed by atoms with Gasteiger partial charge in [-0.25, -0.2) is 34.6 Å². The van der Waals surface area contributed by atoms with Crippen molar-refractivity contribution in [3.63, 3.8) is 0 Å². The van der Waals surface area contributed by atoms with Crippen LogP contribution in [0, 0.1) is 0 Å². The van der Waals surface area contributed by atoms with E-state index >= 15 is 0 Å². The first-order chi connectivity index (χ1) is 27.4. The second kappa shape index (κ2) is 17.4. The maximum Gasteiger partial charge on any atom is 0.292 e. The van der Waals surface area contributed by atoms with Crippen LogP contribution in [-0.2, 0) is 16.1 Å². The smallest absolute Gasteiger partial charge is 0.292 e. The summed E-state index contributed by atoms with van der Waals surface area (Å²) in [5.41, 5.74) is 24.5. The van der Waals surface area contributed by atoms with Crippen molar-refractivity contribution in [1.29, 1.82) is 0 Å². The van der Waals surface area contributed by atoms with E-state index < -0.39 is 0 Å². The molecule has 6 heterocycles. The number of hydrogen-bond acceptors (Lipinski definition) is 17. The molecule has 0 bridgehead atoms. The highest BCUT2D eigenvalue weighted by Gasteiger charge is 2.22. The van der Waals surface area contributed by atoms with Crippen LogP contribution >= 0.6 is 0 Å². The van der Waals surface area contributed by atoms with Gasteiger partial charge in [0.15, 0.2) is 11.2 Å². The van der Waals surface area contributed by atoms with Crippen molar-refractivity contribution in [3.05, 3.63) is 65.3 Å². The molecule has 1 aliphatic rings. The Hall–Kier alpha value is -6.99. The molecule has 288 valence electrons. The Kier molecular flexibility index (Phi) is 11.6. The van der Waals surface area contributed by atoms with E-state index in [1.165, 1.54) is 31.1 Å². The number of aromatic nitrogens is 9. The van der Waals surface area contributed by atoms with Gasteiger partial charge in [0.2, 0.25) is 11.9 Å². The zero-order valence-corrected chi connectivity index (χ0v) is 30.4. The van der Waals surface area contributed by atoms with Crippen LogP contribution in [-0.4, -0.2) is 102 Å². The van der Waals surface area contributed by atoms with E-state index in [0.29, 0.717) is 102 Å². The highest BCUT2D eigenvalue weighted by molar-refractivity contribution is 5.99. The number of nitrogens with two attached hydrogens (primary N) is 2. The van der Waals surface area contributed by atoms with Gasteiger partial charge in [-0.1, -0.05) is 11.5 Å². The monoisotopic (exact) mass is 761 g/mol. The number of ether oxygens (including phenoxy) is 1. The molecular formula is C35H39N17O4. The van der Waals surface area contributed by atoms with Crippen LogP contribution in [0.4, 0.5) is 29.4 Å². The fourth-order valence-corrected chi connectivity index (χ4v) is 6.28. The molecule has 5 N–H and O–H groups in total. The first-order valence-electron chi connectivity index (χ1n) is 18.1. The molecule has 0 aliphatic carbocycles. The number of carbonyl (C=O) groups is 2. The average Bonchev–Trinajstić information content (AvgIpc) is 3.79. The van der Waals surface area contributed by atoms with Gasteiger partial charge in [-0.15, -0.1) is 0 Å². The number of fused-ring (bicyclic) bond motifs is 2. The summed E-state index contributed by atoms with van der Waals surface area (Å²) in [6, 6.07) is 5.59. The first-order valence-corrected chi connectivity index (χ1v) is 18.1. The number of aryl methyl sites for hydroxylation is 1. The highest BCUT2D eigenvalue weighted by Crippen LogP contribution is 2.32. The summed E-state index contributed by atoms with van der Waals surface area (Å²) in [5.74, 6) is 1.23. The third-order valence-corrected chi connectivity index (χ3v) is 9.15. The number of rotatable bonds is 17. The maximum absolute atomic E-state index is 12.6. The summed E-state index contributed by atoms with van der Waals surface area (Å²) >= 11 is 0. The van der Waals surface area contributed by atoms with E-state index in [9.17, 15) is 9.59 Å². The van der Waals surface area contributed by atoms with Gasteiger partial charge in [0.25, 0.3) is 11.9 Å². The van der Waals surface area contributed by atoms with Gasteiger partial charge >= 0.3 is 0 Å². The summed E-state index contributed by atoms with van der Waals surface area (Å²) in [6.07, 6.45) is 10.5. The van der Waals surface area contributed by atoms with Crippen molar-refractivity contribution in [2.75, 3.05) is 67.2 Å². The maximum atomic E-state index is 12.6. The van der Waals surface area contributed by atoms with E-state index in [-0.39, 0.29) is 37.5 Å². The largest absolute Gasteiger partial charge is 0.424 e. The van der Waals surface area contributed by atoms with Gasteiger partial charge in [-0.2, -0.15) is 10.1 Å². The van der Waals surface area contributed by atoms with Gasteiger partial charge in [0, 0.05) is 87.4 Å². The molecule has 56 heavy (non-hydrogen) atoms. The van der Waals surface area contributed by atoms with Crippen LogP contribution in [0.25, 0.3) is 43.8 Å². The number of piperazine rings is 1. The molecule has 1 fully saturated rings. The Bertz CT molecular complexity index is 2350. The minimum Gasteiger partial charge on any atom is -0.424 e. The van der Waals surface area contributed by atoms with Crippen LogP contribution in [0.3, 0.4) is 0 Å². The number of Topliss-reactive ketones (excluding diaryl/α,β-unsaturated/α-hetero) is 1. The molecule has 0 radical (unpaired) electrons. The molecule has 0 saturated carbocycles. The summed E-state index contributed by atoms with van der Waals surface area (Å²) in [5, 5.41) is 11.8. The first kappa shape index (κ1) is 37.3. The number of carbonyl (C=O) groups excluding carboxylic acids is 2. The van der Waals surface area contributed by atoms with Gasteiger partial charge in [-0.3, -0.25) is 9.59 Å². The zero-order chi connectivity index (χ0) is 38.9. The lowest BCUT2D eigenvalue weighted by Gasteiger charge is -2.34. The molecule has 1 saturated heterocycles. The normalized spacial score (nSPS) is 12.9. The number of oxazole rings is 1. The third kappa shape index (κ3) is 8.86. The molecule has 21 heteroatoms. The van der Waals surface area contributed by atoms with Crippen molar-refractivity contribution >= 4 is 63.2 Å². The number of unbranched alkanes of at least 4 members (excludes halogenated alkanes) is 2. The summed E-state index contributed by atoms with van der Waals surface area (Å²) in [6.45, 7) is 4.03. The van der Waals surface area contributed by atoms with Crippen molar-refractivity contribution in [1.82, 2.24) is 50.0 Å². The molecule has 21 nitrogen and oxygen atoms in total. The molecule has 0 unspecified atom stereocenters. The molecule has 0 spiro atoms. The number of nitrogens with zero attached hydrogens (tertiary/aromatic N) is 14. The number of anilines is 4. The number of azide groups is 1. The Morgan fingerprint density at radius 1 is 0.911 bits per heavy atom. The number of nitrogen functional groups attached to an aromatic ring is 2. The quantitative estimate of drug-likeness (QED) is 0.0518. The SMILES string of the molecule is [N-]=[N+]=Nc1cnc(N2CCN(c3ncc(C(=O)NCCOCCC(=O)CCCCCn4nc(-c5ccc6oc(N)nc6c5)c5c(N)ncnc54)cn3)CC2)nc1. The Morgan fingerprint density at radius 3 is 2.38 bits per heavy atom. The second-order valence-corrected chi connectivity index (χ2v) is 12.9. The van der Waals surface area contributed by atoms with Crippen LogP contribution in [0.2, 0.25) is 0 Å².